The van der Waals surface area contributed by atoms with Crippen molar-refractivity contribution >= 4 is 41.5 Å². The molecule has 18 heavy (non-hydrogen) atoms. The Hall–Kier alpha value is -0.480. The molecule has 0 fully saturated rings. The molecule has 1 unspecified atom stereocenters. The summed E-state index contributed by atoms with van der Waals surface area (Å²) in [5, 5.41) is 4.01. The van der Waals surface area contributed by atoms with Crippen LogP contribution in [0.15, 0.2) is 18.2 Å². The van der Waals surface area contributed by atoms with Gasteiger partial charge in [-0.3, -0.25) is 4.79 Å². The van der Waals surface area contributed by atoms with E-state index >= 15 is 0 Å². The highest BCUT2D eigenvalue weighted by molar-refractivity contribution is 6.34. The third-order valence-corrected chi connectivity index (χ3v) is 2.60. The summed E-state index contributed by atoms with van der Waals surface area (Å²) >= 11 is 11.7. The summed E-state index contributed by atoms with van der Waals surface area (Å²) in [6.07, 6.45) is 1.04. The molecule has 1 aromatic carbocycles. The van der Waals surface area contributed by atoms with Crippen molar-refractivity contribution < 1.29 is 4.79 Å². The summed E-state index contributed by atoms with van der Waals surface area (Å²) in [5.74, 6) is -0.0341. The van der Waals surface area contributed by atoms with Crippen molar-refractivity contribution in [3.8, 4) is 0 Å². The minimum Gasteiger partial charge on any atom is -0.356 e. The van der Waals surface area contributed by atoms with Crippen molar-refractivity contribution in [2.75, 3.05) is 6.54 Å². The van der Waals surface area contributed by atoms with Gasteiger partial charge in [-0.05, 0) is 37.1 Å². The predicted molar refractivity (Wildman–Crippen MR) is 78.7 cm³/mol. The SMILES string of the molecule is CC(N)CC(=O)NCCc1cc(Cl)cc(Cl)c1.Cl. The molecule has 0 heterocycles. The molecule has 0 bridgehead atoms. The lowest BCUT2D eigenvalue weighted by molar-refractivity contribution is -0.121. The maximum Gasteiger partial charge on any atom is 0.221 e. The maximum atomic E-state index is 11.3. The number of benzene rings is 1. The molecule has 1 rings (SSSR count). The lowest BCUT2D eigenvalue weighted by atomic mass is 10.1. The van der Waals surface area contributed by atoms with Gasteiger partial charge in [0.05, 0.1) is 0 Å². The van der Waals surface area contributed by atoms with Gasteiger partial charge < -0.3 is 11.1 Å². The summed E-state index contributed by atoms with van der Waals surface area (Å²) in [5.41, 5.74) is 6.52. The van der Waals surface area contributed by atoms with Crippen LogP contribution in [0.1, 0.15) is 18.9 Å². The van der Waals surface area contributed by atoms with Crippen molar-refractivity contribution in [3.05, 3.63) is 33.8 Å². The van der Waals surface area contributed by atoms with E-state index in [0.717, 1.165) is 5.56 Å². The zero-order valence-corrected chi connectivity index (χ0v) is 12.4. The molecule has 6 heteroatoms. The number of hydrogen-bond donors (Lipinski definition) is 2. The van der Waals surface area contributed by atoms with Crippen LogP contribution in [0.25, 0.3) is 0 Å². The second-order valence-electron chi connectivity index (χ2n) is 4.06. The van der Waals surface area contributed by atoms with Crippen LogP contribution < -0.4 is 11.1 Å². The van der Waals surface area contributed by atoms with Crippen molar-refractivity contribution in [2.45, 2.75) is 25.8 Å². The largest absolute Gasteiger partial charge is 0.356 e. The molecule has 0 saturated carbocycles. The number of nitrogens with two attached hydrogens (primary N) is 1. The fourth-order valence-corrected chi connectivity index (χ4v) is 2.04. The Balaban J connectivity index is 0.00000289. The summed E-state index contributed by atoms with van der Waals surface area (Å²) < 4.78 is 0. The molecule has 0 spiro atoms. The molecule has 0 aliphatic rings. The van der Waals surface area contributed by atoms with Gasteiger partial charge in [-0.2, -0.15) is 0 Å². The van der Waals surface area contributed by atoms with E-state index in [9.17, 15) is 4.79 Å². The first-order valence-corrected chi connectivity index (χ1v) is 6.20. The number of carbonyl (C=O) groups excluding carboxylic acids is 1. The maximum absolute atomic E-state index is 11.3. The molecule has 0 aliphatic carbocycles. The van der Waals surface area contributed by atoms with Crippen LogP contribution in [0, 0.1) is 0 Å². The molecule has 3 nitrogen and oxygen atoms in total. The molecule has 0 saturated heterocycles. The molecular weight excluding hydrogens is 295 g/mol. The summed E-state index contributed by atoms with van der Waals surface area (Å²) in [6.45, 7) is 2.36. The van der Waals surface area contributed by atoms with Gasteiger partial charge in [0.2, 0.25) is 5.91 Å². The van der Waals surface area contributed by atoms with E-state index in [4.69, 9.17) is 28.9 Å². The van der Waals surface area contributed by atoms with Gasteiger partial charge in [-0.25, -0.2) is 0 Å². The van der Waals surface area contributed by atoms with Gasteiger partial charge in [0, 0.05) is 29.1 Å². The van der Waals surface area contributed by atoms with E-state index in [2.05, 4.69) is 5.32 Å². The number of rotatable bonds is 5. The molecular formula is C12H17Cl3N2O. The predicted octanol–water partition coefficient (Wildman–Crippen LogP) is 2.81. The zero-order chi connectivity index (χ0) is 12.8. The Labute approximate surface area is 123 Å². The second-order valence-corrected chi connectivity index (χ2v) is 4.93. The minimum absolute atomic E-state index is 0. The van der Waals surface area contributed by atoms with E-state index in [0.29, 0.717) is 29.4 Å². The van der Waals surface area contributed by atoms with Crippen LogP contribution in [0.3, 0.4) is 0 Å². The standard InChI is InChI=1S/C12H16Cl2N2O.ClH/c1-8(15)4-12(17)16-3-2-9-5-10(13)7-11(14)6-9;/h5-8H,2-4,15H2,1H3,(H,16,17);1H. The van der Waals surface area contributed by atoms with E-state index in [-0.39, 0.29) is 24.4 Å². The molecule has 0 radical (unpaired) electrons. The van der Waals surface area contributed by atoms with Gasteiger partial charge in [0.1, 0.15) is 0 Å². The highest BCUT2D eigenvalue weighted by atomic mass is 35.5. The van der Waals surface area contributed by atoms with Gasteiger partial charge in [-0.1, -0.05) is 23.2 Å². The lowest BCUT2D eigenvalue weighted by Gasteiger charge is -2.07. The molecule has 102 valence electrons. The highest BCUT2D eigenvalue weighted by Gasteiger charge is 2.04. The number of halogens is 3. The highest BCUT2D eigenvalue weighted by Crippen LogP contribution is 2.19. The van der Waals surface area contributed by atoms with Gasteiger partial charge >= 0.3 is 0 Å². The quantitative estimate of drug-likeness (QED) is 0.878. The van der Waals surface area contributed by atoms with Crippen LogP contribution in [0.5, 0.6) is 0 Å². The van der Waals surface area contributed by atoms with Crippen LogP contribution in [-0.4, -0.2) is 18.5 Å². The molecule has 1 amide bonds. The van der Waals surface area contributed by atoms with Gasteiger partial charge in [0.15, 0.2) is 0 Å². The molecule has 1 aromatic rings. The van der Waals surface area contributed by atoms with E-state index < -0.39 is 0 Å². The van der Waals surface area contributed by atoms with Crippen LogP contribution in [-0.2, 0) is 11.2 Å². The van der Waals surface area contributed by atoms with Gasteiger partial charge in [0.25, 0.3) is 0 Å². The first-order chi connectivity index (χ1) is 7.97. The Morgan fingerprint density at radius 2 is 1.89 bits per heavy atom. The summed E-state index contributed by atoms with van der Waals surface area (Å²) in [7, 11) is 0. The summed E-state index contributed by atoms with van der Waals surface area (Å²) in [6, 6.07) is 5.24. The Bertz CT molecular complexity index is 377. The Kier molecular flexibility index (Phi) is 8.36. The van der Waals surface area contributed by atoms with Crippen molar-refractivity contribution in [2.24, 2.45) is 5.73 Å². The Morgan fingerprint density at radius 3 is 2.39 bits per heavy atom. The van der Waals surface area contributed by atoms with Crippen molar-refractivity contribution in [1.82, 2.24) is 5.32 Å². The van der Waals surface area contributed by atoms with Crippen LogP contribution in [0.2, 0.25) is 10.0 Å². The van der Waals surface area contributed by atoms with E-state index in [1.807, 2.05) is 12.1 Å². The zero-order valence-electron chi connectivity index (χ0n) is 10.1. The van der Waals surface area contributed by atoms with Crippen LogP contribution >= 0.6 is 35.6 Å². The lowest BCUT2D eigenvalue weighted by Crippen LogP contribution is -2.31. The summed E-state index contributed by atoms with van der Waals surface area (Å²) in [4.78, 5) is 11.3. The van der Waals surface area contributed by atoms with E-state index in [1.165, 1.54) is 0 Å². The number of amides is 1. The van der Waals surface area contributed by atoms with Gasteiger partial charge in [-0.15, -0.1) is 12.4 Å². The molecule has 1 atom stereocenters. The average Bonchev–Trinajstić information content (AvgIpc) is 2.14. The van der Waals surface area contributed by atoms with Crippen molar-refractivity contribution in [1.29, 1.82) is 0 Å². The van der Waals surface area contributed by atoms with Crippen LogP contribution in [0.4, 0.5) is 0 Å². The smallest absolute Gasteiger partial charge is 0.221 e. The first-order valence-electron chi connectivity index (χ1n) is 5.44. The third kappa shape index (κ3) is 7.07. The number of carbonyl (C=O) groups is 1. The number of nitrogens with one attached hydrogen (secondary N) is 1. The van der Waals surface area contributed by atoms with Crippen molar-refractivity contribution in [3.63, 3.8) is 0 Å². The minimum atomic E-state index is -0.115. The fraction of sp³-hybridized carbons (Fsp3) is 0.417. The normalized spacial score (nSPS) is 11.6. The third-order valence-electron chi connectivity index (χ3n) is 2.17. The number of hydrogen-bond acceptors (Lipinski definition) is 2. The molecule has 0 aliphatic heterocycles. The molecule has 3 N–H and O–H groups in total. The second kappa shape index (κ2) is 8.59. The Morgan fingerprint density at radius 1 is 1.33 bits per heavy atom. The topological polar surface area (TPSA) is 55.1 Å². The fourth-order valence-electron chi connectivity index (χ4n) is 1.47. The molecule has 0 aromatic heterocycles. The average molecular weight is 312 g/mol. The monoisotopic (exact) mass is 310 g/mol. The van der Waals surface area contributed by atoms with E-state index in [1.54, 1.807) is 13.0 Å². The first kappa shape index (κ1) is 17.5.